The van der Waals surface area contributed by atoms with E-state index in [4.69, 9.17) is 4.74 Å². The highest BCUT2D eigenvalue weighted by Gasteiger charge is 2.25. The molecular formula is C22H29N3O4S. The van der Waals surface area contributed by atoms with Crippen molar-refractivity contribution >= 4 is 21.6 Å². The zero-order valence-electron chi connectivity index (χ0n) is 17.7. The van der Waals surface area contributed by atoms with Crippen molar-refractivity contribution in [2.24, 2.45) is 0 Å². The van der Waals surface area contributed by atoms with E-state index in [0.717, 1.165) is 24.5 Å². The second-order valence-corrected chi connectivity index (χ2v) is 9.03. The van der Waals surface area contributed by atoms with Gasteiger partial charge in [0.25, 0.3) is 5.91 Å². The van der Waals surface area contributed by atoms with Crippen molar-refractivity contribution in [3.63, 3.8) is 0 Å². The highest BCUT2D eigenvalue weighted by molar-refractivity contribution is 7.89. The van der Waals surface area contributed by atoms with Gasteiger partial charge in [-0.25, -0.2) is 8.42 Å². The van der Waals surface area contributed by atoms with Crippen molar-refractivity contribution in [2.45, 2.75) is 18.7 Å². The van der Waals surface area contributed by atoms with Crippen LogP contribution in [0.15, 0.2) is 53.4 Å². The van der Waals surface area contributed by atoms with Crippen LogP contribution in [-0.2, 0) is 10.0 Å². The lowest BCUT2D eigenvalue weighted by Crippen LogP contribution is -2.48. The third-order valence-electron chi connectivity index (χ3n) is 5.43. The first kappa shape index (κ1) is 22.1. The SMILES string of the molecule is CCN(CC)S(=O)(=O)c1cccc(C(=O)N2CCN(c3ccc(OC)cc3)CC2)c1. The number of nitrogens with zero attached hydrogens (tertiary/aromatic N) is 3. The van der Waals surface area contributed by atoms with Crippen molar-refractivity contribution in [3.8, 4) is 5.75 Å². The molecule has 1 heterocycles. The van der Waals surface area contributed by atoms with Gasteiger partial charge in [-0.1, -0.05) is 19.9 Å². The van der Waals surface area contributed by atoms with E-state index in [2.05, 4.69) is 4.90 Å². The highest BCUT2D eigenvalue weighted by atomic mass is 32.2. The van der Waals surface area contributed by atoms with E-state index in [-0.39, 0.29) is 10.8 Å². The van der Waals surface area contributed by atoms with Crippen molar-refractivity contribution in [1.82, 2.24) is 9.21 Å². The molecule has 3 rings (SSSR count). The minimum absolute atomic E-state index is 0.138. The molecule has 2 aromatic rings. The maximum atomic E-state index is 13.0. The number of carbonyl (C=O) groups excluding carboxylic acids is 1. The van der Waals surface area contributed by atoms with Crippen LogP contribution in [-0.4, -0.2) is 69.9 Å². The molecule has 1 fully saturated rings. The second-order valence-electron chi connectivity index (χ2n) is 7.09. The molecule has 0 aromatic heterocycles. The minimum Gasteiger partial charge on any atom is -0.497 e. The number of amides is 1. The zero-order valence-corrected chi connectivity index (χ0v) is 18.6. The Kier molecular flexibility index (Phi) is 6.99. The van der Waals surface area contributed by atoms with E-state index in [1.54, 1.807) is 44.1 Å². The number of hydrogen-bond acceptors (Lipinski definition) is 5. The fourth-order valence-electron chi connectivity index (χ4n) is 3.65. The van der Waals surface area contributed by atoms with E-state index in [0.29, 0.717) is 31.7 Å². The molecule has 0 spiro atoms. The van der Waals surface area contributed by atoms with Crippen LogP contribution in [0, 0.1) is 0 Å². The number of rotatable bonds is 7. The van der Waals surface area contributed by atoms with Crippen molar-refractivity contribution < 1.29 is 17.9 Å². The molecule has 0 unspecified atom stereocenters. The molecule has 2 aromatic carbocycles. The monoisotopic (exact) mass is 431 g/mol. The lowest BCUT2D eigenvalue weighted by atomic mass is 10.1. The minimum atomic E-state index is -3.59. The van der Waals surface area contributed by atoms with Crippen LogP contribution in [0.2, 0.25) is 0 Å². The van der Waals surface area contributed by atoms with Crippen LogP contribution in [0.25, 0.3) is 0 Å². The first-order valence-corrected chi connectivity index (χ1v) is 11.6. The number of sulfonamides is 1. The van der Waals surface area contributed by atoms with Gasteiger partial charge in [-0.05, 0) is 42.5 Å². The molecule has 1 aliphatic rings. The molecule has 7 nitrogen and oxygen atoms in total. The molecule has 0 radical (unpaired) electrons. The number of ether oxygens (including phenoxy) is 1. The molecule has 1 aliphatic heterocycles. The Morgan fingerprint density at radius 3 is 2.20 bits per heavy atom. The lowest BCUT2D eigenvalue weighted by Gasteiger charge is -2.36. The maximum absolute atomic E-state index is 13.0. The topological polar surface area (TPSA) is 70.2 Å². The Morgan fingerprint density at radius 1 is 1.00 bits per heavy atom. The first-order valence-electron chi connectivity index (χ1n) is 10.2. The van der Waals surface area contributed by atoms with Gasteiger partial charge in [-0.15, -0.1) is 0 Å². The second kappa shape index (κ2) is 9.49. The summed E-state index contributed by atoms with van der Waals surface area (Å²) in [5, 5.41) is 0. The van der Waals surface area contributed by atoms with Gasteiger partial charge in [0.15, 0.2) is 0 Å². The number of methoxy groups -OCH3 is 1. The predicted molar refractivity (Wildman–Crippen MR) is 118 cm³/mol. The fraction of sp³-hybridized carbons (Fsp3) is 0.409. The van der Waals surface area contributed by atoms with Gasteiger partial charge < -0.3 is 14.5 Å². The average molecular weight is 432 g/mol. The molecule has 0 bridgehead atoms. The number of benzene rings is 2. The quantitative estimate of drug-likeness (QED) is 0.674. The van der Waals surface area contributed by atoms with Crippen LogP contribution in [0.3, 0.4) is 0 Å². The molecule has 0 saturated carbocycles. The van der Waals surface area contributed by atoms with Crippen LogP contribution in [0.5, 0.6) is 5.75 Å². The zero-order chi connectivity index (χ0) is 21.7. The molecule has 162 valence electrons. The molecule has 30 heavy (non-hydrogen) atoms. The third kappa shape index (κ3) is 4.60. The van der Waals surface area contributed by atoms with E-state index in [1.807, 2.05) is 24.3 Å². The lowest BCUT2D eigenvalue weighted by molar-refractivity contribution is 0.0746. The summed E-state index contributed by atoms with van der Waals surface area (Å²) in [6, 6.07) is 14.2. The fourth-order valence-corrected chi connectivity index (χ4v) is 5.15. The molecule has 1 saturated heterocycles. The van der Waals surface area contributed by atoms with Gasteiger partial charge >= 0.3 is 0 Å². The molecule has 1 amide bonds. The van der Waals surface area contributed by atoms with E-state index in [9.17, 15) is 13.2 Å². The van der Waals surface area contributed by atoms with Crippen LogP contribution >= 0.6 is 0 Å². The summed E-state index contributed by atoms with van der Waals surface area (Å²) in [6.07, 6.45) is 0. The summed E-state index contributed by atoms with van der Waals surface area (Å²) in [5.74, 6) is 0.674. The van der Waals surface area contributed by atoms with Gasteiger partial charge in [0, 0.05) is 50.5 Å². The Morgan fingerprint density at radius 2 is 1.63 bits per heavy atom. The van der Waals surface area contributed by atoms with Gasteiger partial charge in [0.1, 0.15) is 5.75 Å². The number of hydrogen-bond donors (Lipinski definition) is 0. The van der Waals surface area contributed by atoms with Gasteiger partial charge in [0.05, 0.1) is 12.0 Å². The molecule has 0 atom stereocenters. The van der Waals surface area contributed by atoms with Crippen molar-refractivity contribution in [3.05, 3.63) is 54.1 Å². The normalized spacial score (nSPS) is 14.8. The summed E-state index contributed by atoms with van der Waals surface area (Å²) in [6.45, 7) is 6.99. The number of piperazine rings is 1. The molecule has 0 N–H and O–H groups in total. The van der Waals surface area contributed by atoms with Crippen molar-refractivity contribution in [1.29, 1.82) is 0 Å². The highest BCUT2D eigenvalue weighted by Crippen LogP contribution is 2.22. The summed E-state index contributed by atoms with van der Waals surface area (Å²) in [7, 11) is -1.95. The predicted octanol–water partition coefficient (Wildman–Crippen LogP) is 2.69. The largest absolute Gasteiger partial charge is 0.497 e. The standard InChI is InChI=1S/C22H29N3O4S/c1-4-25(5-2)30(27,28)21-8-6-7-18(17-21)22(26)24-15-13-23(14-16-24)19-9-11-20(29-3)12-10-19/h6-12,17H,4-5,13-16H2,1-3H3. The Bertz CT molecular complexity index is 964. The van der Waals surface area contributed by atoms with Crippen LogP contribution < -0.4 is 9.64 Å². The maximum Gasteiger partial charge on any atom is 0.254 e. The van der Waals surface area contributed by atoms with Crippen molar-refractivity contribution in [2.75, 3.05) is 51.3 Å². The first-order chi connectivity index (χ1) is 14.4. The third-order valence-corrected chi connectivity index (χ3v) is 7.47. The van der Waals surface area contributed by atoms with E-state index < -0.39 is 10.0 Å². The number of carbonyl (C=O) groups is 1. The van der Waals surface area contributed by atoms with Crippen LogP contribution in [0.1, 0.15) is 24.2 Å². The summed E-state index contributed by atoms with van der Waals surface area (Å²) in [4.78, 5) is 17.2. The number of anilines is 1. The molecular weight excluding hydrogens is 402 g/mol. The Hall–Kier alpha value is -2.58. The van der Waals surface area contributed by atoms with Crippen LogP contribution in [0.4, 0.5) is 5.69 Å². The van der Waals surface area contributed by atoms with E-state index in [1.165, 1.54) is 10.4 Å². The van der Waals surface area contributed by atoms with Gasteiger partial charge in [-0.3, -0.25) is 4.79 Å². The van der Waals surface area contributed by atoms with Gasteiger partial charge in [-0.2, -0.15) is 4.31 Å². The Labute approximate surface area is 178 Å². The van der Waals surface area contributed by atoms with Gasteiger partial charge in [0.2, 0.25) is 10.0 Å². The Balaban J connectivity index is 1.69. The average Bonchev–Trinajstić information content (AvgIpc) is 2.79. The summed E-state index contributed by atoms with van der Waals surface area (Å²) >= 11 is 0. The molecule has 8 heteroatoms. The summed E-state index contributed by atoms with van der Waals surface area (Å²) in [5.41, 5.74) is 1.50. The summed E-state index contributed by atoms with van der Waals surface area (Å²) < 4.78 is 32.1. The van der Waals surface area contributed by atoms with E-state index >= 15 is 0 Å². The smallest absolute Gasteiger partial charge is 0.254 e. The molecule has 0 aliphatic carbocycles.